The third kappa shape index (κ3) is 4.84. The minimum absolute atomic E-state index is 0.0312. The van der Waals surface area contributed by atoms with Gasteiger partial charge in [-0.2, -0.15) is 0 Å². The number of carbonyl (C=O) groups is 2. The lowest BCUT2D eigenvalue weighted by Gasteiger charge is -2.09. The Labute approximate surface area is 105 Å². The molecule has 0 radical (unpaired) electrons. The van der Waals surface area contributed by atoms with E-state index in [4.69, 9.17) is 10.2 Å². The highest BCUT2D eigenvalue weighted by atomic mass is 16.4. The number of hydrogen-bond acceptors (Lipinski definition) is 3. The molecule has 0 bridgehead atoms. The number of rotatable bonds is 5. The Kier molecular flexibility index (Phi) is 5.13. The standard InChI is InChI=1S/C12H16N2O4/c1-8-3-2-4-9(7-8)14-12(18)13-6-5-10(15)11(16)17/h2-4,7,10,15H,5-6H2,1H3,(H,16,17)(H2,13,14,18). The van der Waals surface area contributed by atoms with Crippen molar-refractivity contribution in [3.8, 4) is 0 Å². The minimum Gasteiger partial charge on any atom is -0.479 e. The molecule has 6 nitrogen and oxygen atoms in total. The van der Waals surface area contributed by atoms with Crippen LogP contribution in [0, 0.1) is 6.92 Å². The fraction of sp³-hybridized carbons (Fsp3) is 0.333. The summed E-state index contributed by atoms with van der Waals surface area (Å²) in [5.41, 5.74) is 1.68. The number of carboxylic acids is 1. The number of aryl methyl sites for hydroxylation is 1. The first-order valence-corrected chi connectivity index (χ1v) is 5.51. The third-order valence-corrected chi connectivity index (χ3v) is 2.26. The maximum absolute atomic E-state index is 11.4. The molecule has 1 aromatic carbocycles. The average molecular weight is 252 g/mol. The molecule has 18 heavy (non-hydrogen) atoms. The number of urea groups is 1. The third-order valence-electron chi connectivity index (χ3n) is 2.26. The molecule has 6 heteroatoms. The summed E-state index contributed by atoms with van der Waals surface area (Å²) in [7, 11) is 0. The second-order valence-corrected chi connectivity index (χ2v) is 3.89. The first-order chi connectivity index (χ1) is 8.49. The van der Waals surface area contributed by atoms with Crippen LogP contribution in [0.4, 0.5) is 10.5 Å². The Morgan fingerprint density at radius 2 is 2.11 bits per heavy atom. The van der Waals surface area contributed by atoms with Gasteiger partial charge in [0, 0.05) is 18.7 Å². The molecule has 0 aliphatic heterocycles. The first-order valence-electron chi connectivity index (χ1n) is 5.51. The van der Waals surface area contributed by atoms with E-state index in [0.717, 1.165) is 5.56 Å². The lowest BCUT2D eigenvalue weighted by molar-refractivity contribution is -0.146. The van der Waals surface area contributed by atoms with Crippen LogP contribution in [0.3, 0.4) is 0 Å². The lowest BCUT2D eigenvalue weighted by Crippen LogP contribution is -2.33. The molecule has 0 aromatic heterocycles. The van der Waals surface area contributed by atoms with Crippen molar-refractivity contribution in [1.29, 1.82) is 0 Å². The first kappa shape index (κ1) is 14.0. The number of carbonyl (C=O) groups excluding carboxylic acids is 1. The smallest absolute Gasteiger partial charge is 0.332 e. The Hall–Kier alpha value is -2.08. The van der Waals surface area contributed by atoms with Gasteiger partial charge in [-0.1, -0.05) is 12.1 Å². The summed E-state index contributed by atoms with van der Waals surface area (Å²) in [4.78, 5) is 21.7. The van der Waals surface area contributed by atoms with Gasteiger partial charge in [-0.3, -0.25) is 0 Å². The molecule has 0 spiro atoms. The molecule has 0 aliphatic carbocycles. The number of aliphatic hydroxyl groups is 1. The van der Waals surface area contributed by atoms with E-state index >= 15 is 0 Å². The van der Waals surface area contributed by atoms with Crippen LogP contribution in [0.25, 0.3) is 0 Å². The van der Waals surface area contributed by atoms with Crippen molar-refractivity contribution in [3.63, 3.8) is 0 Å². The maximum atomic E-state index is 11.4. The second-order valence-electron chi connectivity index (χ2n) is 3.89. The molecule has 1 atom stereocenters. The minimum atomic E-state index is -1.45. The normalized spacial score (nSPS) is 11.7. The largest absolute Gasteiger partial charge is 0.479 e. The van der Waals surface area contributed by atoms with Crippen molar-refractivity contribution in [2.45, 2.75) is 19.4 Å². The van der Waals surface area contributed by atoms with E-state index in [1.807, 2.05) is 25.1 Å². The van der Waals surface area contributed by atoms with Gasteiger partial charge in [0.15, 0.2) is 6.10 Å². The van der Waals surface area contributed by atoms with Crippen LogP contribution in [0.1, 0.15) is 12.0 Å². The molecule has 1 rings (SSSR count). The van der Waals surface area contributed by atoms with E-state index < -0.39 is 18.1 Å². The van der Waals surface area contributed by atoms with Crippen LogP contribution in [0.15, 0.2) is 24.3 Å². The van der Waals surface area contributed by atoms with E-state index in [2.05, 4.69) is 10.6 Å². The number of anilines is 1. The monoisotopic (exact) mass is 252 g/mol. The van der Waals surface area contributed by atoms with Gasteiger partial charge in [-0.15, -0.1) is 0 Å². The Balaban J connectivity index is 2.32. The summed E-state index contributed by atoms with van der Waals surface area (Å²) < 4.78 is 0. The number of aliphatic carboxylic acids is 1. The van der Waals surface area contributed by atoms with Crippen molar-refractivity contribution in [1.82, 2.24) is 5.32 Å². The molecule has 0 fully saturated rings. The van der Waals surface area contributed by atoms with E-state index in [9.17, 15) is 9.59 Å². The number of aliphatic hydroxyl groups excluding tert-OH is 1. The van der Waals surface area contributed by atoms with Gasteiger partial charge in [0.25, 0.3) is 0 Å². The number of hydrogen-bond donors (Lipinski definition) is 4. The molecular formula is C12H16N2O4. The van der Waals surface area contributed by atoms with Crippen molar-refractivity contribution >= 4 is 17.7 Å². The molecule has 1 aromatic rings. The Morgan fingerprint density at radius 1 is 1.39 bits per heavy atom. The number of nitrogens with one attached hydrogen (secondary N) is 2. The second kappa shape index (κ2) is 6.61. The van der Waals surface area contributed by atoms with Crippen molar-refractivity contribution in [2.75, 3.05) is 11.9 Å². The van der Waals surface area contributed by atoms with Crippen LogP contribution in [0.5, 0.6) is 0 Å². The van der Waals surface area contributed by atoms with E-state index in [1.165, 1.54) is 0 Å². The molecule has 4 N–H and O–H groups in total. The molecule has 0 heterocycles. The highest BCUT2D eigenvalue weighted by molar-refractivity contribution is 5.89. The lowest BCUT2D eigenvalue weighted by atomic mass is 10.2. The zero-order valence-corrected chi connectivity index (χ0v) is 10.0. The fourth-order valence-corrected chi connectivity index (χ4v) is 1.34. The fourth-order valence-electron chi connectivity index (χ4n) is 1.34. The molecule has 0 saturated carbocycles. The zero-order chi connectivity index (χ0) is 13.5. The van der Waals surface area contributed by atoms with Gasteiger partial charge in [0.2, 0.25) is 0 Å². The van der Waals surface area contributed by atoms with Gasteiger partial charge >= 0.3 is 12.0 Å². The number of carboxylic acid groups (broad SMARTS) is 1. The van der Waals surface area contributed by atoms with Crippen LogP contribution in [-0.2, 0) is 4.79 Å². The van der Waals surface area contributed by atoms with Gasteiger partial charge in [0.1, 0.15) is 0 Å². The number of benzene rings is 1. The van der Waals surface area contributed by atoms with Crippen molar-refractivity contribution in [2.24, 2.45) is 0 Å². The highest BCUT2D eigenvalue weighted by Gasteiger charge is 2.12. The van der Waals surface area contributed by atoms with Crippen molar-refractivity contribution < 1.29 is 19.8 Å². The molecule has 0 saturated heterocycles. The van der Waals surface area contributed by atoms with Crippen molar-refractivity contribution in [3.05, 3.63) is 29.8 Å². The van der Waals surface area contributed by atoms with E-state index in [-0.39, 0.29) is 13.0 Å². The predicted molar refractivity (Wildman–Crippen MR) is 66.5 cm³/mol. The van der Waals surface area contributed by atoms with E-state index in [1.54, 1.807) is 6.07 Å². The average Bonchev–Trinajstić information content (AvgIpc) is 2.28. The molecule has 2 amide bonds. The molecule has 98 valence electrons. The van der Waals surface area contributed by atoms with Crippen LogP contribution in [0.2, 0.25) is 0 Å². The SMILES string of the molecule is Cc1cccc(NC(=O)NCCC(O)C(=O)O)c1. The van der Waals surface area contributed by atoms with Crippen LogP contribution in [-0.4, -0.2) is 34.9 Å². The van der Waals surface area contributed by atoms with Gasteiger partial charge in [-0.05, 0) is 24.6 Å². The summed E-state index contributed by atoms with van der Waals surface area (Å²) in [5, 5.41) is 22.5. The molecule has 1 unspecified atom stereocenters. The summed E-state index contributed by atoms with van der Waals surface area (Å²) in [6.45, 7) is 2.00. The summed E-state index contributed by atoms with van der Waals surface area (Å²) in [6.07, 6.45) is -1.49. The summed E-state index contributed by atoms with van der Waals surface area (Å²) in [5.74, 6) is -1.30. The van der Waals surface area contributed by atoms with Crippen LogP contribution >= 0.6 is 0 Å². The highest BCUT2D eigenvalue weighted by Crippen LogP contribution is 2.08. The summed E-state index contributed by atoms with van der Waals surface area (Å²) >= 11 is 0. The molecule has 0 aliphatic rings. The maximum Gasteiger partial charge on any atom is 0.332 e. The summed E-state index contributed by atoms with van der Waals surface area (Å²) in [6, 6.07) is 6.86. The van der Waals surface area contributed by atoms with Gasteiger partial charge in [-0.25, -0.2) is 9.59 Å². The topological polar surface area (TPSA) is 98.7 Å². The Bertz CT molecular complexity index is 434. The van der Waals surface area contributed by atoms with Gasteiger partial charge in [0.05, 0.1) is 0 Å². The zero-order valence-electron chi connectivity index (χ0n) is 10.0. The molecular weight excluding hydrogens is 236 g/mol. The Morgan fingerprint density at radius 3 is 2.72 bits per heavy atom. The quantitative estimate of drug-likeness (QED) is 0.627. The van der Waals surface area contributed by atoms with Crippen LogP contribution < -0.4 is 10.6 Å². The predicted octanol–water partition coefficient (Wildman–Crippen LogP) is 0.952. The number of amides is 2. The van der Waals surface area contributed by atoms with Gasteiger partial charge < -0.3 is 20.8 Å². The van der Waals surface area contributed by atoms with E-state index in [0.29, 0.717) is 5.69 Å².